The van der Waals surface area contributed by atoms with Crippen LogP contribution in [0, 0.1) is 0 Å². The van der Waals surface area contributed by atoms with Crippen LogP contribution in [0.15, 0.2) is 24.3 Å². The van der Waals surface area contributed by atoms with Crippen LogP contribution < -0.4 is 15.8 Å². The largest absolute Gasteiger partial charge is 0.346 e. The van der Waals surface area contributed by atoms with Crippen molar-refractivity contribution in [3.8, 4) is 0 Å². The number of hydrogen-bond donors (Lipinski definition) is 3. The van der Waals surface area contributed by atoms with E-state index in [2.05, 4.69) is 4.72 Å². The first-order chi connectivity index (χ1) is 9.71. The summed E-state index contributed by atoms with van der Waals surface area (Å²) in [6, 6.07) is 5.74. The number of halogens is 2. The average Bonchev–Trinajstić information content (AvgIpc) is 2.45. The second kappa shape index (κ2) is 6.81. The Morgan fingerprint density at radius 3 is 2.52 bits per heavy atom. The second-order valence-corrected chi connectivity index (χ2v) is 6.30. The van der Waals surface area contributed by atoms with Crippen molar-refractivity contribution in [2.24, 2.45) is 5.73 Å². The van der Waals surface area contributed by atoms with E-state index in [1.54, 1.807) is 0 Å². The Labute approximate surface area is 121 Å². The first-order valence-electron chi connectivity index (χ1n) is 6.16. The zero-order valence-electron chi connectivity index (χ0n) is 11.4. The van der Waals surface area contributed by atoms with Crippen molar-refractivity contribution in [1.82, 2.24) is 5.32 Å². The molecule has 1 rings (SSSR count). The molecule has 0 radical (unpaired) electrons. The smallest absolute Gasteiger partial charge is 0.277 e. The van der Waals surface area contributed by atoms with Gasteiger partial charge in [0.15, 0.2) is 0 Å². The average molecular weight is 321 g/mol. The van der Waals surface area contributed by atoms with E-state index in [1.807, 2.05) is 5.32 Å². The zero-order valence-corrected chi connectivity index (χ0v) is 12.2. The van der Waals surface area contributed by atoms with Crippen molar-refractivity contribution in [3.05, 3.63) is 29.8 Å². The summed E-state index contributed by atoms with van der Waals surface area (Å²) in [5.74, 6) is -4.20. The maximum Gasteiger partial charge on any atom is 0.277 e. The van der Waals surface area contributed by atoms with Gasteiger partial charge in [-0.2, -0.15) is 0 Å². The summed E-state index contributed by atoms with van der Waals surface area (Å²) in [6.07, 6.45) is 0. The van der Waals surface area contributed by atoms with Gasteiger partial charge in [-0.25, -0.2) is 17.2 Å². The third-order valence-electron chi connectivity index (χ3n) is 2.62. The number of nitrogens with one attached hydrogen (secondary N) is 2. The fraction of sp³-hybridized carbons (Fsp3) is 0.417. The van der Waals surface area contributed by atoms with Crippen molar-refractivity contribution in [2.45, 2.75) is 12.8 Å². The molecule has 4 N–H and O–H groups in total. The third kappa shape index (κ3) is 5.27. The van der Waals surface area contributed by atoms with Crippen molar-refractivity contribution in [1.29, 1.82) is 0 Å². The van der Waals surface area contributed by atoms with Gasteiger partial charge in [-0.05, 0) is 19.1 Å². The van der Waals surface area contributed by atoms with E-state index in [4.69, 9.17) is 5.73 Å². The van der Waals surface area contributed by atoms with Gasteiger partial charge in [-0.1, -0.05) is 12.1 Å². The monoisotopic (exact) mass is 321 g/mol. The molecule has 0 saturated heterocycles. The summed E-state index contributed by atoms with van der Waals surface area (Å²) in [4.78, 5) is 11.9. The topological polar surface area (TPSA) is 101 Å². The number of hydrogen-bond acceptors (Lipinski definition) is 4. The molecule has 9 heteroatoms. The Bertz CT molecular complexity index is 606. The molecule has 1 aromatic rings. The highest BCUT2D eigenvalue weighted by molar-refractivity contribution is 7.92. The SMILES string of the molecule is CCS(=O)(=O)Nc1ccccc1C(=O)NCC(F)(F)CN. The number of benzene rings is 1. The summed E-state index contributed by atoms with van der Waals surface area (Å²) in [5.41, 5.74) is 4.87. The lowest BCUT2D eigenvalue weighted by molar-refractivity contribution is 0.0119. The van der Waals surface area contributed by atoms with Crippen LogP contribution in [0.2, 0.25) is 0 Å². The molecule has 0 fully saturated rings. The summed E-state index contributed by atoms with van der Waals surface area (Å²) >= 11 is 0. The Kier molecular flexibility index (Phi) is 5.62. The van der Waals surface area contributed by atoms with E-state index in [9.17, 15) is 22.0 Å². The molecule has 0 aromatic heterocycles. The van der Waals surface area contributed by atoms with Crippen LogP contribution in [0.1, 0.15) is 17.3 Å². The number of carbonyl (C=O) groups excluding carboxylic acids is 1. The quantitative estimate of drug-likeness (QED) is 0.690. The zero-order chi connectivity index (χ0) is 16.1. The molecule has 0 aliphatic rings. The maximum atomic E-state index is 13.0. The number of amides is 1. The molecule has 0 unspecified atom stereocenters. The molecule has 0 atom stereocenters. The number of alkyl halides is 2. The number of anilines is 1. The van der Waals surface area contributed by atoms with Gasteiger partial charge < -0.3 is 11.1 Å². The van der Waals surface area contributed by atoms with Crippen molar-refractivity contribution >= 4 is 21.6 Å². The van der Waals surface area contributed by atoms with E-state index >= 15 is 0 Å². The molecule has 0 aliphatic heterocycles. The van der Waals surface area contributed by atoms with E-state index in [0.29, 0.717) is 0 Å². The van der Waals surface area contributed by atoms with Crippen LogP contribution in [-0.2, 0) is 10.0 Å². The molecule has 0 bridgehead atoms. The molecule has 0 spiro atoms. The van der Waals surface area contributed by atoms with Gasteiger partial charge in [-0.15, -0.1) is 0 Å². The number of sulfonamides is 1. The minimum atomic E-state index is -3.57. The Morgan fingerprint density at radius 1 is 1.33 bits per heavy atom. The number of para-hydroxylation sites is 1. The summed E-state index contributed by atoms with van der Waals surface area (Å²) in [7, 11) is -3.57. The fourth-order valence-electron chi connectivity index (χ4n) is 1.39. The maximum absolute atomic E-state index is 13.0. The molecule has 0 aliphatic carbocycles. The van der Waals surface area contributed by atoms with Gasteiger partial charge in [0.1, 0.15) is 0 Å². The molecule has 118 valence electrons. The first kappa shape index (κ1) is 17.3. The fourth-order valence-corrected chi connectivity index (χ4v) is 2.04. The lowest BCUT2D eigenvalue weighted by Crippen LogP contribution is -2.41. The summed E-state index contributed by atoms with van der Waals surface area (Å²) in [6.45, 7) is -0.374. The van der Waals surface area contributed by atoms with Crippen LogP contribution in [0.4, 0.5) is 14.5 Å². The van der Waals surface area contributed by atoms with Crippen molar-refractivity contribution < 1.29 is 22.0 Å². The van der Waals surface area contributed by atoms with Gasteiger partial charge in [0, 0.05) is 0 Å². The van der Waals surface area contributed by atoms with Gasteiger partial charge in [0.05, 0.1) is 30.1 Å². The van der Waals surface area contributed by atoms with Gasteiger partial charge in [0.2, 0.25) is 10.0 Å². The molecule has 21 heavy (non-hydrogen) atoms. The van der Waals surface area contributed by atoms with E-state index in [-0.39, 0.29) is 17.0 Å². The highest BCUT2D eigenvalue weighted by Gasteiger charge is 2.27. The van der Waals surface area contributed by atoms with Gasteiger partial charge >= 0.3 is 0 Å². The Morgan fingerprint density at radius 2 is 1.95 bits per heavy atom. The number of nitrogens with two attached hydrogens (primary N) is 1. The van der Waals surface area contributed by atoms with Crippen molar-refractivity contribution in [3.63, 3.8) is 0 Å². The van der Waals surface area contributed by atoms with Crippen molar-refractivity contribution in [2.75, 3.05) is 23.6 Å². The first-order valence-corrected chi connectivity index (χ1v) is 7.81. The molecule has 6 nitrogen and oxygen atoms in total. The van der Waals surface area contributed by atoms with E-state index < -0.39 is 34.9 Å². The highest BCUT2D eigenvalue weighted by atomic mass is 32.2. The molecular formula is C12H17F2N3O3S. The third-order valence-corrected chi connectivity index (χ3v) is 3.91. The van der Waals surface area contributed by atoms with Crippen LogP contribution in [0.25, 0.3) is 0 Å². The van der Waals surface area contributed by atoms with Crippen LogP contribution in [0.3, 0.4) is 0 Å². The number of carbonyl (C=O) groups is 1. The van der Waals surface area contributed by atoms with E-state index in [0.717, 1.165) is 0 Å². The van der Waals surface area contributed by atoms with Crippen LogP contribution in [0.5, 0.6) is 0 Å². The molecule has 1 aromatic carbocycles. The normalized spacial score (nSPS) is 12.0. The molecule has 0 heterocycles. The minimum Gasteiger partial charge on any atom is -0.346 e. The predicted octanol–water partition coefficient (Wildman–Crippen LogP) is 0.772. The molecular weight excluding hydrogens is 304 g/mol. The van der Waals surface area contributed by atoms with Crippen LogP contribution >= 0.6 is 0 Å². The van der Waals surface area contributed by atoms with Gasteiger partial charge in [0.25, 0.3) is 11.8 Å². The molecule has 1 amide bonds. The predicted molar refractivity (Wildman–Crippen MR) is 75.9 cm³/mol. The highest BCUT2D eigenvalue weighted by Crippen LogP contribution is 2.17. The number of rotatable bonds is 7. The summed E-state index contributed by atoms with van der Waals surface area (Å²) < 4.78 is 51.3. The second-order valence-electron chi connectivity index (χ2n) is 4.29. The van der Waals surface area contributed by atoms with E-state index in [1.165, 1.54) is 31.2 Å². The standard InChI is InChI=1S/C12H17F2N3O3S/c1-2-21(19,20)17-10-6-4-3-5-9(10)11(18)16-8-12(13,14)7-15/h3-6,17H,2,7-8,15H2,1H3,(H,16,18). The summed E-state index contributed by atoms with van der Waals surface area (Å²) in [5, 5.41) is 2.03. The molecule has 0 saturated carbocycles. The van der Waals surface area contributed by atoms with Crippen LogP contribution in [-0.4, -0.2) is 39.1 Å². The lowest BCUT2D eigenvalue weighted by atomic mass is 10.1. The lowest BCUT2D eigenvalue weighted by Gasteiger charge is -2.16. The van der Waals surface area contributed by atoms with Gasteiger partial charge in [-0.3, -0.25) is 9.52 Å². The Balaban J connectivity index is 2.91. The Hall–Kier alpha value is -1.74. The minimum absolute atomic E-state index is 0.0351.